The number of aryl methyl sites for hydroxylation is 1. The topological polar surface area (TPSA) is 24.5 Å². The van der Waals surface area contributed by atoms with E-state index in [1.807, 2.05) is 12.1 Å². The van der Waals surface area contributed by atoms with Crippen LogP contribution in [0.1, 0.15) is 24.8 Å². The summed E-state index contributed by atoms with van der Waals surface area (Å²) in [4.78, 5) is 2.60. The Kier molecular flexibility index (Phi) is 6.13. The highest BCUT2D eigenvalue weighted by molar-refractivity contribution is 5.48. The minimum Gasteiger partial charge on any atom is -0.497 e. The second kappa shape index (κ2) is 8.74. The number of piperidine rings is 1. The molecule has 24 heavy (non-hydrogen) atoms. The van der Waals surface area contributed by atoms with E-state index in [1.54, 1.807) is 7.11 Å². The number of benzene rings is 2. The van der Waals surface area contributed by atoms with Crippen molar-refractivity contribution in [1.82, 2.24) is 4.90 Å². The summed E-state index contributed by atoms with van der Waals surface area (Å²) in [6.45, 7) is 3.59. The van der Waals surface area contributed by atoms with Gasteiger partial charge in [-0.15, -0.1) is 0 Å². The van der Waals surface area contributed by atoms with E-state index in [0.29, 0.717) is 6.04 Å². The van der Waals surface area contributed by atoms with Gasteiger partial charge in [0.05, 0.1) is 7.11 Å². The first-order valence-corrected chi connectivity index (χ1v) is 9.00. The Balaban J connectivity index is 1.37. The Morgan fingerprint density at radius 3 is 2.58 bits per heavy atom. The van der Waals surface area contributed by atoms with Crippen molar-refractivity contribution < 1.29 is 4.74 Å². The summed E-state index contributed by atoms with van der Waals surface area (Å²) in [5.74, 6) is 0.915. The van der Waals surface area contributed by atoms with Crippen LogP contribution < -0.4 is 10.1 Å². The average Bonchev–Trinajstić information content (AvgIpc) is 2.64. The third-order valence-electron chi connectivity index (χ3n) is 4.81. The fourth-order valence-electron chi connectivity index (χ4n) is 3.40. The van der Waals surface area contributed by atoms with Crippen molar-refractivity contribution in [3.8, 4) is 5.75 Å². The first kappa shape index (κ1) is 16.8. The first-order chi connectivity index (χ1) is 11.8. The molecule has 0 aromatic heterocycles. The SMILES string of the molecule is COc1cccc(NC2CCN(CCCc3ccccc3)CC2)c1. The zero-order chi connectivity index (χ0) is 16.6. The number of nitrogens with one attached hydrogen (secondary N) is 1. The van der Waals surface area contributed by atoms with Crippen LogP contribution in [0.2, 0.25) is 0 Å². The number of likely N-dealkylation sites (tertiary alicyclic amines) is 1. The van der Waals surface area contributed by atoms with E-state index in [2.05, 4.69) is 52.7 Å². The predicted molar refractivity (Wildman–Crippen MR) is 101 cm³/mol. The summed E-state index contributed by atoms with van der Waals surface area (Å²) in [6, 6.07) is 19.6. The number of hydrogen-bond acceptors (Lipinski definition) is 3. The number of rotatable bonds is 7. The second-order valence-corrected chi connectivity index (χ2v) is 6.58. The molecule has 0 saturated carbocycles. The van der Waals surface area contributed by atoms with E-state index in [-0.39, 0.29) is 0 Å². The number of hydrogen-bond donors (Lipinski definition) is 1. The summed E-state index contributed by atoms with van der Waals surface area (Å²) in [5, 5.41) is 3.65. The van der Waals surface area contributed by atoms with Crippen LogP contribution in [0.25, 0.3) is 0 Å². The molecule has 2 aromatic carbocycles. The molecule has 2 aromatic rings. The maximum absolute atomic E-state index is 5.29. The molecule has 1 N–H and O–H groups in total. The molecule has 3 heteroatoms. The Labute approximate surface area is 145 Å². The molecule has 1 aliphatic rings. The highest BCUT2D eigenvalue weighted by Crippen LogP contribution is 2.21. The fraction of sp³-hybridized carbons (Fsp3) is 0.429. The van der Waals surface area contributed by atoms with E-state index in [0.717, 1.165) is 11.4 Å². The summed E-state index contributed by atoms with van der Waals surface area (Å²) in [5.41, 5.74) is 2.61. The van der Waals surface area contributed by atoms with Crippen molar-refractivity contribution in [2.24, 2.45) is 0 Å². The molecule has 0 atom stereocenters. The van der Waals surface area contributed by atoms with E-state index in [4.69, 9.17) is 4.74 Å². The number of ether oxygens (including phenoxy) is 1. The van der Waals surface area contributed by atoms with E-state index in [1.165, 1.54) is 50.9 Å². The standard InChI is InChI=1S/C21H28N2O/c1-24-21-11-5-10-20(17-21)22-19-12-15-23(16-13-19)14-6-9-18-7-3-2-4-8-18/h2-5,7-8,10-11,17,19,22H,6,9,12-16H2,1H3. The lowest BCUT2D eigenvalue weighted by Gasteiger charge is -2.33. The lowest BCUT2D eigenvalue weighted by Crippen LogP contribution is -2.39. The first-order valence-electron chi connectivity index (χ1n) is 9.00. The van der Waals surface area contributed by atoms with Gasteiger partial charge in [0.2, 0.25) is 0 Å². The van der Waals surface area contributed by atoms with Crippen molar-refractivity contribution in [3.63, 3.8) is 0 Å². The predicted octanol–water partition coefficient (Wildman–Crippen LogP) is 4.20. The van der Waals surface area contributed by atoms with Gasteiger partial charge in [-0.25, -0.2) is 0 Å². The van der Waals surface area contributed by atoms with Crippen molar-refractivity contribution in [2.75, 3.05) is 32.1 Å². The molecule has 0 amide bonds. The van der Waals surface area contributed by atoms with Crippen molar-refractivity contribution >= 4 is 5.69 Å². The third kappa shape index (κ3) is 5.00. The van der Waals surface area contributed by atoms with Gasteiger partial charge in [-0.3, -0.25) is 0 Å². The van der Waals surface area contributed by atoms with E-state index < -0.39 is 0 Å². The van der Waals surface area contributed by atoms with Gasteiger partial charge in [0.1, 0.15) is 5.75 Å². The van der Waals surface area contributed by atoms with Gasteiger partial charge in [0.25, 0.3) is 0 Å². The number of anilines is 1. The molecule has 1 aliphatic heterocycles. The van der Waals surface area contributed by atoms with Gasteiger partial charge in [-0.1, -0.05) is 36.4 Å². The summed E-state index contributed by atoms with van der Waals surface area (Å²) in [7, 11) is 1.72. The van der Waals surface area contributed by atoms with Crippen LogP contribution >= 0.6 is 0 Å². The molecule has 3 nitrogen and oxygen atoms in total. The average molecular weight is 324 g/mol. The maximum Gasteiger partial charge on any atom is 0.120 e. The lowest BCUT2D eigenvalue weighted by atomic mass is 10.0. The molecule has 1 fully saturated rings. The molecule has 0 bridgehead atoms. The van der Waals surface area contributed by atoms with Crippen LogP contribution in [0.4, 0.5) is 5.69 Å². The van der Waals surface area contributed by atoms with Gasteiger partial charge in [-0.2, -0.15) is 0 Å². The monoisotopic (exact) mass is 324 g/mol. The summed E-state index contributed by atoms with van der Waals surface area (Å²) < 4.78 is 5.29. The fourth-order valence-corrected chi connectivity index (χ4v) is 3.40. The van der Waals surface area contributed by atoms with Crippen molar-refractivity contribution in [3.05, 3.63) is 60.2 Å². The van der Waals surface area contributed by atoms with Gasteiger partial charge < -0.3 is 15.0 Å². The Hall–Kier alpha value is -2.00. The van der Waals surface area contributed by atoms with Crippen LogP contribution in [-0.2, 0) is 6.42 Å². The van der Waals surface area contributed by atoms with Crippen LogP contribution in [0.3, 0.4) is 0 Å². The van der Waals surface area contributed by atoms with E-state index in [9.17, 15) is 0 Å². The normalized spacial score (nSPS) is 16.0. The lowest BCUT2D eigenvalue weighted by molar-refractivity contribution is 0.217. The molecular weight excluding hydrogens is 296 g/mol. The Morgan fingerprint density at radius 1 is 1.04 bits per heavy atom. The Bertz CT molecular complexity index is 606. The zero-order valence-electron chi connectivity index (χ0n) is 14.6. The second-order valence-electron chi connectivity index (χ2n) is 6.58. The highest BCUT2D eigenvalue weighted by Gasteiger charge is 2.18. The molecule has 1 saturated heterocycles. The van der Waals surface area contributed by atoms with Crippen LogP contribution in [0.5, 0.6) is 5.75 Å². The summed E-state index contributed by atoms with van der Waals surface area (Å²) >= 11 is 0. The van der Waals surface area contributed by atoms with Crippen LogP contribution in [0, 0.1) is 0 Å². The van der Waals surface area contributed by atoms with Crippen LogP contribution in [-0.4, -0.2) is 37.7 Å². The molecule has 0 radical (unpaired) electrons. The largest absolute Gasteiger partial charge is 0.497 e. The van der Waals surface area contributed by atoms with Gasteiger partial charge in [0, 0.05) is 30.9 Å². The molecular formula is C21H28N2O. The summed E-state index contributed by atoms with van der Waals surface area (Å²) in [6.07, 6.45) is 4.85. The number of nitrogens with zero attached hydrogens (tertiary/aromatic N) is 1. The minimum absolute atomic E-state index is 0.572. The number of methoxy groups -OCH3 is 1. The molecule has 0 spiro atoms. The van der Waals surface area contributed by atoms with Crippen molar-refractivity contribution in [2.45, 2.75) is 31.7 Å². The Morgan fingerprint density at radius 2 is 1.83 bits per heavy atom. The molecule has 0 unspecified atom stereocenters. The van der Waals surface area contributed by atoms with Gasteiger partial charge in [-0.05, 0) is 49.9 Å². The minimum atomic E-state index is 0.572. The van der Waals surface area contributed by atoms with Crippen molar-refractivity contribution in [1.29, 1.82) is 0 Å². The van der Waals surface area contributed by atoms with Gasteiger partial charge >= 0.3 is 0 Å². The molecule has 0 aliphatic carbocycles. The van der Waals surface area contributed by atoms with E-state index >= 15 is 0 Å². The molecule has 128 valence electrons. The molecule has 3 rings (SSSR count). The van der Waals surface area contributed by atoms with Crippen LogP contribution in [0.15, 0.2) is 54.6 Å². The van der Waals surface area contributed by atoms with Gasteiger partial charge in [0.15, 0.2) is 0 Å². The zero-order valence-corrected chi connectivity index (χ0v) is 14.6. The third-order valence-corrected chi connectivity index (χ3v) is 4.81. The quantitative estimate of drug-likeness (QED) is 0.826. The smallest absolute Gasteiger partial charge is 0.120 e. The maximum atomic E-state index is 5.29. The highest BCUT2D eigenvalue weighted by atomic mass is 16.5. The molecule has 1 heterocycles.